The van der Waals surface area contributed by atoms with E-state index < -0.39 is 0 Å². The van der Waals surface area contributed by atoms with Gasteiger partial charge in [0.1, 0.15) is 17.3 Å². The Morgan fingerprint density at radius 1 is 1.10 bits per heavy atom. The number of fused-ring (bicyclic) bond motifs is 1. The predicted molar refractivity (Wildman–Crippen MR) is 123 cm³/mol. The van der Waals surface area contributed by atoms with Gasteiger partial charge in [0.2, 0.25) is 0 Å². The number of Topliss-reactive ketones (excluding diaryl/α,β-unsaturated/α-hetero) is 1. The van der Waals surface area contributed by atoms with Crippen molar-refractivity contribution in [3.8, 4) is 5.75 Å². The fourth-order valence-corrected chi connectivity index (χ4v) is 3.69. The molecule has 0 aliphatic carbocycles. The minimum Gasteiger partial charge on any atom is -0.507 e. The van der Waals surface area contributed by atoms with Gasteiger partial charge < -0.3 is 10.0 Å². The number of hydrogen-bond acceptors (Lipinski definition) is 4. The Balaban J connectivity index is 0.00000320. The van der Waals surface area contributed by atoms with Gasteiger partial charge >= 0.3 is 0 Å². The first-order valence-electron chi connectivity index (χ1n) is 10.0. The van der Waals surface area contributed by atoms with E-state index in [0.29, 0.717) is 23.6 Å². The van der Waals surface area contributed by atoms with Crippen molar-refractivity contribution >= 4 is 24.0 Å². The van der Waals surface area contributed by atoms with Crippen molar-refractivity contribution in [2.75, 3.05) is 6.54 Å². The monoisotopic (exact) mass is 429 g/mol. The molecule has 162 valence electrons. The molecule has 0 saturated heterocycles. The van der Waals surface area contributed by atoms with Gasteiger partial charge in [-0.05, 0) is 36.0 Å². The van der Waals surface area contributed by atoms with Crippen molar-refractivity contribution in [1.29, 1.82) is 5.41 Å². The largest absolute Gasteiger partial charge is 0.507 e. The molecule has 6 heteroatoms. The lowest BCUT2D eigenvalue weighted by molar-refractivity contribution is 0.0962. The highest BCUT2D eigenvalue weighted by molar-refractivity contribution is 6.04. The number of amidine groups is 1. The van der Waals surface area contributed by atoms with Gasteiger partial charge in [-0.25, -0.2) is 4.98 Å². The molecule has 1 aliphatic rings. The van der Waals surface area contributed by atoms with Gasteiger partial charge in [0, 0.05) is 34.5 Å². The first-order chi connectivity index (χ1) is 13.3. The second kappa shape index (κ2) is 8.03. The zero-order valence-corrected chi connectivity index (χ0v) is 19.7. The Labute approximate surface area is 185 Å². The van der Waals surface area contributed by atoms with E-state index in [4.69, 9.17) is 5.41 Å². The molecule has 30 heavy (non-hydrogen) atoms. The number of carbonyl (C=O) groups is 1. The maximum absolute atomic E-state index is 13.2. The molecule has 0 unspecified atom stereocenters. The summed E-state index contributed by atoms with van der Waals surface area (Å²) in [6.07, 6.45) is 0. The molecule has 2 N–H and O–H groups in total. The molecule has 0 amide bonds. The number of rotatable bonds is 3. The van der Waals surface area contributed by atoms with E-state index in [0.717, 1.165) is 22.4 Å². The highest BCUT2D eigenvalue weighted by Gasteiger charge is 2.30. The van der Waals surface area contributed by atoms with Gasteiger partial charge in [-0.3, -0.25) is 10.2 Å². The number of carbonyl (C=O) groups excluding carboxylic acids is 1. The molecule has 1 aromatic carbocycles. The molecule has 0 bridgehead atoms. The molecule has 1 aliphatic heterocycles. The minimum absolute atomic E-state index is 0. The molecule has 3 rings (SSSR count). The maximum Gasteiger partial charge on any atom is 0.182 e. The van der Waals surface area contributed by atoms with Crippen LogP contribution >= 0.6 is 12.4 Å². The number of aromatic hydroxyl groups is 1. The van der Waals surface area contributed by atoms with E-state index in [-0.39, 0.29) is 41.3 Å². The number of aryl methyl sites for hydroxylation is 1. The summed E-state index contributed by atoms with van der Waals surface area (Å²) in [5.41, 5.74) is 4.03. The summed E-state index contributed by atoms with van der Waals surface area (Å²) in [6.45, 7) is 14.7. The fraction of sp³-hybridized carbons (Fsp3) is 0.458. The molecule has 2 aromatic rings. The minimum atomic E-state index is -0.293. The first kappa shape index (κ1) is 23.9. The summed E-state index contributed by atoms with van der Waals surface area (Å²) in [6, 6.07) is 7.53. The molecule has 5 nitrogen and oxygen atoms in total. The second-order valence-corrected chi connectivity index (χ2v) is 10.0. The number of hydrogen-bond donors (Lipinski definition) is 2. The second-order valence-electron chi connectivity index (χ2n) is 10.0. The normalized spacial score (nSPS) is 13.8. The lowest BCUT2D eigenvalue weighted by Crippen LogP contribution is -2.31. The van der Waals surface area contributed by atoms with Crippen molar-refractivity contribution in [3.05, 3.63) is 57.9 Å². The number of nitrogens with zero attached hydrogens (tertiary/aromatic N) is 2. The highest BCUT2D eigenvalue weighted by Crippen LogP contribution is 2.40. The van der Waals surface area contributed by atoms with Gasteiger partial charge in [-0.1, -0.05) is 47.6 Å². The Hall–Kier alpha value is -2.40. The Bertz CT molecular complexity index is 965. The third-order valence-electron chi connectivity index (χ3n) is 5.40. The van der Waals surface area contributed by atoms with Crippen molar-refractivity contribution in [2.45, 2.75) is 65.8 Å². The molecule has 1 aromatic heterocycles. The topological polar surface area (TPSA) is 77.3 Å². The third-order valence-corrected chi connectivity index (χ3v) is 5.40. The maximum atomic E-state index is 13.2. The van der Waals surface area contributed by atoms with Crippen LogP contribution in [0.4, 0.5) is 0 Å². The van der Waals surface area contributed by atoms with Crippen LogP contribution in [0.5, 0.6) is 5.75 Å². The average Bonchev–Trinajstić information content (AvgIpc) is 2.88. The number of halogens is 1. The van der Waals surface area contributed by atoms with Crippen LogP contribution in [0.25, 0.3) is 0 Å². The molecular weight excluding hydrogens is 398 g/mol. The van der Waals surface area contributed by atoms with Crippen molar-refractivity contribution in [3.63, 3.8) is 0 Å². The Kier molecular flexibility index (Phi) is 6.39. The number of ketones is 1. The lowest BCUT2D eigenvalue weighted by atomic mass is 9.78. The summed E-state index contributed by atoms with van der Waals surface area (Å²) in [4.78, 5) is 19.4. The molecular formula is C24H32ClN3O2. The van der Waals surface area contributed by atoms with Crippen molar-refractivity contribution in [2.24, 2.45) is 0 Å². The fourth-order valence-electron chi connectivity index (χ4n) is 3.69. The van der Waals surface area contributed by atoms with Crippen molar-refractivity contribution in [1.82, 2.24) is 9.88 Å². The average molecular weight is 430 g/mol. The van der Waals surface area contributed by atoms with Gasteiger partial charge in [0.05, 0.1) is 6.54 Å². The molecule has 0 atom stereocenters. The number of aromatic nitrogens is 1. The van der Waals surface area contributed by atoms with Crippen LogP contribution in [0.3, 0.4) is 0 Å². The summed E-state index contributed by atoms with van der Waals surface area (Å²) < 4.78 is 0. The molecule has 0 radical (unpaired) electrons. The van der Waals surface area contributed by atoms with Gasteiger partial charge in [-0.2, -0.15) is 0 Å². The van der Waals surface area contributed by atoms with E-state index in [1.165, 1.54) is 0 Å². The van der Waals surface area contributed by atoms with Crippen LogP contribution in [0.1, 0.15) is 80.0 Å². The van der Waals surface area contributed by atoms with Crippen LogP contribution in [0.2, 0.25) is 0 Å². The summed E-state index contributed by atoms with van der Waals surface area (Å²) >= 11 is 0. The first-order valence-corrected chi connectivity index (χ1v) is 10.0. The highest BCUT2D eigenvalue weighted by atomic mass is 35.5. The third kappa shape index (κ3) is 4.51. The van der Waals surface area contributed by atoms with Crippen LogP contribution < -0.4 is 0 Å². The van der Waals surface area contributed by atoms with E-state index in [1.54, 1.807) is 4.90 Å². The molecule has 0 saturated carbocycles. The number of benzene rings is 1. The quantitative estimate of drug-likeness (QED) is 0.662. The van der Waals surface area contributed by atoms with Crippen LogP contribution in [-0.4, -0.2) is 33.2 Å². The molecule has 2 heterocycles. The SMILES string of the molecule is Cc1ccc2c(n1)C(=N)N(CC(=O)c1cc(C(C)(C)C)c(O)c(C(C)(C)C)c1)C2.Cl. The van der Waals surface area contributed by atoms with Crippen LogP contribution in [0.15, 0.2) is 24.3 Å². The molecule has 0 fully saturated rings. The standard InChI is InChI=1S/C24H31N3O2.ClH/c1-14-8-9-15-12-27(22(25)20(15)26-14)13-19(28)16-10-17(23(2,3)4)21(29)18(11-16)24(5,6)7;/h8-11,25,29H,12-13H2,1-7H3;1H. The van der Waals surface area contributed by atoms with E-state index >= 15 is 0 Å². The number of nitrogens with one attached hydrogen (secondary N) is 1. The van der Waals surface area contributed by atoms with E-state index in [1.807, 2.05) is 72.7 Å². The Morgan fingerprint density at radius 2 is 1.63 bits per heavy atom. The van der Waals surface area contributed by atoms with E-state index in [2.05, 4.69) is 4.98 Å². The van der Waals surface area contributed by atoms with Crippen LogP contribution in [0, 0.1) is 12.3 Å². The van der Waals surface area contributed by atoms with Crippen LogP contribution in [-0.2, 0) is 17.4 Å². The lowest BCUT2D eigenvalue weighted by Gasteiger charge is -2.28. The summed E-state index contributed by atoms with van der Waals surface area (Å²) in [5.74, 6) is 0.501. The predicted octanol–water partition coefficient (Wildman–Crippen LogP) is 5.14. The van der Waals surface area contributed by atoms with Crippen molar-refractivity contribution < 1.29 is 9.90 Å². The van der Waals surface area contributed by atoms with E-state index in [9.17, 15) is 9.90 Å². The van der Waals surface area contributed by atoms with Gasteiger partial charge in [0.25, 0.3) is 0 Å². The molecule has 0 spiro atoms. The summed E-state index contributed by atoms with van der Waals surface area (Å²) in [5, 5.41) is 19.3. The number of phenolic OH excluding ortho intramolecular Hbond substituents is 1. The van der Waals surface area contributed by atoms with Gasteiger partial charge in [-0.15, -0.1) is 12.4 Å². The number of phenols is 1. The smallest absolute Gasteiger partial charge is 0.182 e. The van der Waals surface area contributed by atoms with Gasteiger partial charge in [0.15, 0.2) is 5.78 Å². The zero-order valence-electron chi connectivity index (χ0n) is 18.9. The zero-order chi connectivity index (χ0) is 21.7. The number of pyridine rings is 1. The Morgan fingerprint density at radius 3 is 2.13 bits per heavy atom. The summed E-state index contributed by atoms with van der Waals surface area (Å²) in [7, 11) is 0.